The van der Waals surface area contributed by atoms with Gasteiger partial charge < -0.3 is 5.73 Å². The summed E-state index contributed by atoms with van der Waals surface area (Å²) in [5.41, 5.74) is 8.46. The molecule has 1 aliphatic carbocycles. The fraction of sp³-hybridized carbons (Fsp3) is 0.533. The first-order valence-electron chi connectivity index (χ1n) is 6.90. The highest BCUT2D eigenvalue weighted by molar-refractivity contribution is 5.81. The fourth-order valence-electron chi connectivity index (χ4n) is 3.11. The number of hydrogen-bond donors (Lipinski definition) is 1. The Morgan fingerprint density at radius 2 is 1.94 bits per heavy atom. The quantitative estimate of drug-likeness (QED) is 0.881. The van der Waals surface area contributed by atoms with Crippen LogP contribution >= 0.6 is 0 Å². The van der Waals surface area contributed by atoms with E-state index in [1.807, 2.05) is 11.7 Å². The van der Waals surface area contributed by atoms with E-state index in [9.17, 15) is 0 Å². The zero-order valence-corrected chi connectivity index (χ0v) is 11.0. The lowest BCUT2D eigenvalue weighted by Gasteiger charge is -2.25. The highest BCUT2D eigenvalue weighted by Crippen LogP contribution is 2.28. The maximum Gasteiger partial charge on any atom is 0.0706 e. The molecule has 96 valence electrons. The number of benzene rings is 1. The molecule has 2 aromatic rings. The van der Waals surface area contributed by atoms with Crippen LogP contribution in [0.4, 0.5) is 0 Å². The number of hydrogen-bond acceptors (Lipinski definition) is 2. The molecule has 1 fully saturated rings. The fourth-order valence-corrected chi connectivity index (χ4v) is 3.11. The van der Waals surface area contributed by atoms with Gasteiger partial charge in [-0.2, -0.15) is 5.10 Å². The van der Waals surface area contributed by atoms with Crippen LogP contribution in [0.5, 0.6) is 0 Å². The third-order valence-corrected chi connectivity index (χ3v) is 4.21. The summed E-state index contributed by atoms with van der Waals surface area (Å²) in [6.45, 7) is 0. The number of nitrogens with zero attached hydrogens (tertiary/aromatic N) is 2. The molecule has 1 aromatic heterocycles. The van der Waals surface area contributed by atoms with Gasteiger partial charge in [0.25, 0.3) is 0 Å². The summed E-state index contributed by atoms with van der Waals surface area (Å²) < 4.78 is 2.00. The van der Waals surface area contributed by atoms with Gasteiger partial charge in [-0.25, -0.2) is 0 Å². The molecule has 3 heteroatoms. The van der Waals surface area contributed by atoms with Crippen LogP contribution in [0.1, 0.15) is 31.4 Å². The Morgan fingerprint density at radius 1 is 1.22 bits per heavy atom. The Bertz CT molecular complexity index is 536. The lowest BCUT2D eigenvalue weighted by Crippen LogP contribution is -2.27. The van der Waals surface area contributed by atoms with Crippen LogP contribution in [0.2, 0.25) is 0 Å². The molecule has 0 unspecified atom stereocenters. The van der Waals surface area contributed by atoms with Gasteiger partial charge in [0.15, 0.2) is 0 Å². The normalized spacial score (nSPS) is 24.6. The van der Waals surface area contributed by atoms with Crippen molar-refractivity contribution in [1.82, 2.24) is 9.78 Å². The van der Waals surface area contributed by atoms with Crippen LogP contribution in [-0.4, -0.2) is 15.8 Å². The SMILES string of the molecule is Cn1nc(CC2CCC(N)CC2)c2ccccc21. The molecule has 3 rings (SSSR count). The molecule has 1 aromatic carbocycles. The van der Waals surface area contributed by atoms with E-state index in [-0.39, 0.29) is 0 Å². The van der Waals surface area contributed by atoms with Crippen LogP contribution in [0.15, 0.2) is 24.3 Å². The van der Waals surface area contributed by atoms with Gasteiger partial charge >= 0.3 is 0 Å². The second-order valence-corrected chi connectivity index (χ2v) is 5.57. The predicted molar refractivity (Wildman–Crippen MR) is 74.4 cm³/mol. The van der Waals surface area contributed by atoms with Gasteiger partial charge in [0.05, 0.1) is 11.2 Å². The lowest BCUT2D eigenvalue weighted by molar-refractivity contribution is 0.323. The Hall–Kier alpha value is -1.35. The Balaban J connectivity index is 1.82. The molecule has 1 aliphatic rings. The van der Waals surface area contributed by atoms with Crippen molar-refractivity contribution in [3.63, 3.8) is 0 Å². The monoisotopic (exact) mass is 243 g/mol. The smallest absolute Gasteiger partial charge is 0.0706 e. The van der Waals surface area contributed by atoms with Crippen LogP contribution in [-0.2, 0) is 13.5 Å². The van der Waals surface area contributed by atoms with Crippen LogP contribution in [0, 0.1) is 5.92 Å². The summed E-state index contributed by atoms with van der Waals surface area (Å²) in [5.74, 6) is 0.767. The van der Waals surface area contributed by atoms with Gasteiger partial charge in [0.1, 0.15) is 0 Å². The molecule has 18 heavy (non-hydrogen) atoms. The molecule has 0 atom stereocenters. The third kappa shape index (κ3) is 2.15. The van der Waals surface area contributed by atoms with Crippen LogP contribution in [0.3, 0.4) is 0 Å². The van der Waals surface area contributed by atoms with Gasteiger partial charge in [-0.15, -0.1) is 0 Å². The van der Waals surface area contributed by atoms with Gasteiger partial charge in [-0.1, -0.05) is 18.2 Å². The molecular weight excluding hydrogens is 222 g/mol. The average molecular weight is 243 g/mol. The first-order chi connectivity index (χ1) is 8.74. The highest BCUT2D eigenvalue weighted by atomic mass is 15.3. The third-order valence-electron chi connectivity index (χ3n) is 4.21. The summed E-state index contributed by atoms with van der Waals surface area (Å²) in [6.07, 6.45) is 5.97. The molecule has 0 amide bonds. The van der Waals surface area contributed by atoms with Crippen molar-refractivity contribution < 1.29 is 0 Å². The number of aryl methyl sites for hydroxylation is 1. The summed E-state index contributed by atoms with van der Waals surface area (Å²) in [4.78, 5) is 0. The molecular formula is C15H21N3. The van der Waals surface area contributed by atoms with Gasteiger partial charge in [0, 0.05) is 18.5 Å². The molecule has 1 saturated carbocycles. The maximum atomic E-state index is 5.97. The Morgan fingerprint density at radius 3 is 2.72 bits per heavy atom. The minimum absolute atomic E-state index is 0.432. The second-order valence-electron chi connectivity index (χ2n) is 5.57. The molecule has 2 N–H and O–H groups in total. The van der Waals surface area contributed by atoms with Gasteiger partial charge in [-0.05, 0) is 44.1 Å². The van der Waals surface area contributed by atoms with Crippen molar-refractivity contribution in [3.8, 4) is 0 Å². The Labute approximate surface area is 108 Å². The van der Waals surface area contributed by atoms with Crippen LogP contribution in [0.25, 0.3) is 10.9 Å². The van der Waals surface area contributed by atoms with Gasteiger partial charge in [0.2, 0.25) is 0 Å². The molecule has 1 heterocycles. The van der Waals surface area contributed by atoms with Crippen molar-refractivity contribution >= 4 is 10.9 Å². The number of fused-ring (bicyclic) bond motifs is 1. The van der Waals surface area contributed by atoms with E-state index in [1.165, 1.54) is 42.3 Å². The minimum Gasteiger partial charge on any atom is -0.328 e. The molecule has 3 nitrogen and oxygen atoms in total. The molecule has 0 bridgehead atoms. The van der Waals surface area contributed by atoms with Gasteiger partial charge in [-0.3, -0.25) is 4.68 Å². The highest BCUT2D eigenvalue weighted by Gasteiger charge is 2.20. The van der Waals surface area contributed by atoms with E-state index >= 15 is 0 Å². The number of para-hydroxylation sites is 1. The van der Waals surface area contributed by atoms with Crippen molar-refractivity contribution in [2.75, 3.05) is 0 Å². The first kappa shape index (κ1) is 11.7. The lowest BCUT2D eigenvalue weighted by atomic mass is 9.83. The van der Waals surface area contributed by atoms with E-state index in [0.29, 0.717) is 6.04 Å². The van der Waals surface area contributed by atoms with Crippen molar-refractivity contribution in [1.29, 1.82) is 0 Å². The van der Waals surface area contributed by atoms with E-state index in [4.69, 9.17) is 5.73 Å². The molecule has 0 saturated heterocycles. The summed E-state index contributed by atoms with van der Waals surface area (Å²) in [7, 11) is 2.03. The van der Waals surface area contributed by atoms with E-state index in [2.05, 4.69) is 29.4 Å². The standard InChI is InChI=1S/C15H21N3/c1-18-15-5-3-2-4-13(15)14(17-18)10-11-6-8-12(16)9-7-11/h2-5,11-12H,6-10,16H2,1H3. The molecule has 0 spiro atoms. The average Bonchev–Trinajstić information content (AvgIpc) is 2.70. The summed E-state index contributed by atoms with van der Waals surface area (Å²) in [6, 6.07) is 8.94. The molecule has 0 aliphatic heterocycles. The zero-order chi connectivity index (χ0) is 12.5. The largest absolute Gasteiger partial charge is 0.328 e. The molecule has 0 radical (unpaired) electrons. The first-order valence-corrected chi connectivity index (χ1v) is 6.90. The predicted octanol–water partition coefficient (Wildman–Crippen LogP) is 2.63. The number of rotatable bonds is 2. The second kappa shape index (κ2) is 4.73. The maximum absolute atomic E-state index is 5.97. The minimum atomic E-state index is 0.432. The Kier molecular flexibility index (Phi) is 3.08. The zero-order valence-electron chi connectivity index (χ0n) is 11.0. The number of nitrogens with two attached hydrogens (primary N) is 1. The summed E-state index contributed by atoms with van der Waals surface area (Å²) >= 11 is 0. The topological polar surface area (TPSA) is 43.8 Å². The van der Waals surface area contributed by atoms with Crippen LogP contribution < -0.4 is 5.73 Å². The van der Waals surface area contributed by atoms with Crippen molar-refractivity contribution in [2.24, 2.45) is 18.7 Å². The van der Waals surface area contributed by atoms with E-state index < -0.39 is 0 Å². The summed E-state index contributed by atoms with van der Waals surface area (Å²) in [5, 5.41) is 6.00. The van der Waals surface area contributed by atoms with Crippen molar-refractivity contribution in [2.45, 2.75) is 38.1 Å². The number of aromatic nitrogens is 2. The van der Waals surface area contributed by atoms with E-state index in [1.54, 1.807) is 0 Å². The van der Waals surface area contributed by atoms with Crippen molar-refractivity contribution in [3.05, 3.63) is 30.0 Å². The van der Waals surface area contributed by atoms with E-state index in [0.717, 1.165) is 12.3 Å².